The molecule has 26 heteroatoms. The lowest BCUT2D eigenvalue weighted by Gasteiger charge is -2.45. The number of carbonyl (C=O) groups excluding carboxylic acids is 2. The minimum atomic E-state index is -5.14. The lowest BCUT2D eigenvalue weighted by atomic mass is 9.95. The molecule has 4 aromatic carbocycles. The molecule has 410 valence electrons. The van der Waals surface area contributed by atoms with E-state index in [1.807, 2.05) is 0 Å². The fraction of sp³-hybridized carbons (Fsp3) is 0.346. The number of ether oxygens (including phenoxy) is 1. The summed E-state index contributed by atoms with van der Waals surface area (Å²) in [5.41, 5.74) is -7.23. The topological polar surface area (TPSA) is 146 Å². The van der Waals surface area contributed by atoms with E-state index in [-0.39, 0.29) is 106 Å². The second kappa shape index (κ2) is 20.3. The third kappa shape index (κ3) is 9.72. The number of nitrogens with zero attached hydrogens (tertiary/aromatic N) is 8. The Morgan fingerprint density at radius 3 is 1.64 bits per heavy atom. The molecule has 2 aromatic heterocycles. The highest BCUT2D eigenvalue weighted by Crippen LogP contribution is 2.51. The number of aliphatic hydroxyl groups excluding tert-OH is 1. The van der Waals surface area contributed by atoms with Crippen molar-refractivity contribution in [1.29, 1.82) is 0 Å². The zero-order valence-corrected chi connectivity index (χ0v) is 42.8. The van der Waals surface area contributed by atoms with Gasteiger partial charge in [-0.25, -0.2) is 27.2 Å². The van der Waals surface area contributed by atoms with E-state index in [4.69, 9.17) is 4.74 Å². The standard InChI is InChI=1S/C52H44F10N8O6S2/c1-5-39(72)65-10-12-66(13-11-65)46-33-16-35(51(57,58)59)41(32-9-7-28(54)15-38(32)56)45-43(33)69(50(75)63-46)21-30(23-78-45)76-26(4)48(73)70-24(2)18-67(19-25(70)3)47-34-17-36(52(60,61)62)40(31-8-6-27(53)14-37(31)55)44-42(34)68(49(74)64-47)20-29(71)22-77-44/h5-9,14-17,24-25,29-30,71H,1,4,10-13,18-23H2,2-3H3/t24-,25+,29?,30?. The third-order valence-corrected chi connectivity index (χ3v) is 16.6. The lowest BCUT2D eigenvalue weighted by Crippen LogP contribution is -2.59. The minimum Gasteiger partial charge on any atom is -0.483 e. The van der Waals surface area contributed by atoms with Crippen LogP contribution in [0.5, 0.6) is 0 Å². The molecule has 2 fully saturated rings. The van der Waals surface area contributed by atoms with Crippen molar-refractivity contribution in [3.8, 4) is 22.3 Å². The van der Waals surface area contributed by atoms with Crippen LogP contribution in [-0.2, 0) is 39.8 Å². The van der Waals surface area contributed by atoms with E-state index in [0.717, 1.165) is 75.1 Å². The number of aliphatic hydroxyl groups is 1. The number of thioether (sulfide) groups is 2. The second-order valence-corrected chi connectivity index (χ2v) is 21.3. The number of alkyl halides is 6. The van der Waals surface area contributed by atoms with Gasteiger partial charge in [-0.05, 0) is 56.3 Å². The average Bonchev–Trinajstić information content (AvgIpc) is 3.81. The van der Waals surface area contributed by atoms with Crippen LogP contribution in [0.15, 0.2) is 92.9 Å². The Morgan fingerprint density at radius 1 is 0.692 bits per heavy atom. The van der Waals surface area contributed by atoms with Gasteiger partial charge in [0.25, 0.3) is 5.91 Å². The van der Waals surface area contributed by atoms with Crippen molar-refractivity contribution in [3.05, 3.63) is 129 Å². The maximum absolute atomic E-state index is 15.7. The van der Waals surface area contributed by atoms with Crippen molar-refractivity contribution in [2.75, 3.05) is 60.6 Å². The van der Waals surface area contributed by atoms with E-state index in [0.29, 0.717) is 12.1 Å². The molecule has 14 nitrogen and oxygen atoms in total. The molecule has 0 radical (unpaired) electrons. The first kappa shape index (κ1) is 54.3. The number of anilines is 2. The predicted octanol–water partition coefficient (Wildman–Crippen LogP) is 8.47. The Kier molecular flexibility index (Phi) is 14.1. The summed E-state index contributed by atoms with van der Waals surface area (Å²) in [7, 11) is 0. The summed E-state index contributed by atoms with van der Waals surface area (Å²) in [6.07, 6.45) is -11.6. The van der Waals surface area contributed by atoms with Crippen LogP contribution in [0.3, 0.4) is 0 Å². The van der Waals surface area contributed by atoms with Gasteiger partial charge in [-0.3, -0.25) is 18.7 Å². The number of aromatic nitrogens is 4. The van der Waals surface area contributed by atoms with Crippen LogP contribution in [0.1, 0.15) is 25.0 Å². The highest BCUT2D eigenvalue weighted by Gasteiger charge is 2.43. The largest absolute Gasteiger partial charge is 0.483 e. The molecule has 10 rings (SSSR count). The molecule has 4 aliphatic heterocycles. The van der Waals surface area contributed by atoms with Gasteiger partial charge in [0.15, 0.2) is 5.76 Å². The fourth-order valence-electron chi connectivity index (χ4n) is 10.8. The van der Waals surface area contributed by atoms with Crippen molar-refractivity contribution >= 4 is 68.8 Å². The van der Waals surface area contributed by atoms with Crippen molar-refractivity contribution < 1.29 is 63.3 Å². The molecule has 0 spiro atoms. The van der Waals surface area contributed by atoms with Crippen LogP contribution in [0.25, 0.3) is 44.1 Å². The molecule has 2 unspecified atom stereocenters. The second-order valence-electron chi connectivity index (χ2n) is 19.2. The van der Waals surface area contributed by atoms with E-state index in [2.05, 4.69) is 23.1 Å². The number of carbonyl (C=O) groups is 2. The predicted molar refractivity (Wildman–Crippen MR) is 271 cm³/mol. The average molecular weight is 1130 g/mol. The highest BCUT2D eigenvalue weighted by molar-refractivity contribution is 8.00. The summed E-state index contributed by atoms with van der Waals surface area (Å²) < 4.78 is 159. The molecular formula is C52H44F10N8O6S2. The maximum Gasteiger partial charge on any atom is 0.417 e. The zero-order chi connectivity index (χ0) is 56.0. The maximum atomic E-state index is 15.7. The van der Waals surface area contributed by atoms with E-state index in [9.17, 15) is 33.1 Å². The van der Waals surface area contributed by atoms with Gasteiger partial charge in [0.05, 0.1) is 41.4 Å². The van der Waals surface area contributed by atoms with Crippen LogP contribution >= 0.6 is 23.5 Å². The molecule has 4 aliphatic rings. The number of amides is 2. The van der Waals surface area contributed by atoms with E-state index >= 15 is 35.1 Å². The number of piperazine rings is 2. The Bertz CT molecular complexity index is 3630. The monoisotopic (exact) mass is 1130 g/mol. The lowest BCUT2D eigenvalue weighted by molar-refractivity contribution is -0.138. The van der Waals surface area contributed by atoms with Crippen LogP contribution in [0, 0.1) is 23.3 Å². The van der Waals surface area contributed by atoms with Crippen LogP contribution in [0.4, 0.5) is 55.5 Å². The summed E-state index contributed by atoms with van der Waals surface area (Å²) in [6, 6.07) is 4.05. The Labute approximate surface area is 444 Å². The van der Waals surface area contributed by atoms with Gasteiger partial charge in [-0.1, -0.05) is 13.2 Å². The molecule has 0 bridgehead atoms. The molecule has 0 aliphatic carbocycles. The number of halogens is 10. The van der Waals surface area contributed by atoms with Gasteiger partial charge in [0, 0.05) is 118 Å². The highest BCUT2D eigenvalue weighted by atomic mass is 32.2. The molecule has 2 amide bonds. The van der Waals surface area contributed by atoms with Gasteiger partial charge < -0.3 is 29.4 Å². The fourth-order valence-corrected chi connectivity index (χ4v) is 13.2. The molecule has 78 heavy (non-hydrogen) atoms. The Balaban J connectivity index is 0.976. The van der Waals surface area contributed by atoms with Gasteiger partial charge >= 0.3 is 23.7 Å². The molecule has 0 saturated carbocycles. The zero-order valence-electron chi connectivity index (χ0n) is 41.2. The van der Waals surface area contributed by atoms with Gasteiger partial charge in [-0.2, -0.15) is 36.3 Å². The molecule has 4 atom stereocenters. The first-order valence-electron chi connectivity index (χ1n) is 24.2. The van der Waals surface area contributed by atoms with Crippen LogP contribution in [0.2, 0.25) is 0 Å². The van der Waals surface area contributed by atoms with Crippen molar-refractivity contribution in [3.63, 3.8) is 0 Å². The van der Waals surface area contributed by atoms with E-state index in [1.165, 1.54) is 14.7 Å². The Hall–Kier alpha value is -7.06. The summed E-state index contributed by atoms with van der Waals surface area (Å²) >= 11 is 1.53. The normalized spacial score (nSPS) is 20.0. The van der Waals surface area contributed by atoms with Crippen LogP contribution < -0.4 is 21.2 Å². The van der Waals surface area contributed by atoms with E-state index < -0.39 is 123 Å². The number of hydrogen-bond donors (Lipinski definition) is 1. The number of rotatable bonds is 8. The van der Waals surface area contributed by atoms with Gasteiger partial charge in [-0.15, -0.1) is 23.5 Å². The Morgan fingerprint density at radius 2 is 1.17 bits per heavy atom. The smallest absolute Gasteiger partial charge is 0.417 e. The molecule has 6 aromatic rings. The minimum absolute atomic E-state index is 0.0618. The molecular weight excluding hydrogens is 1090 g/mol. The first-order chi connectivity index (χ1) is 36.8. The van der Waals surface area contributed by atoms with Crippen molar-refractivity contribution in [2.45, 2.75) is 73.4 Å². The quantitative estimate of drug-likeness (QED) is 0.0887. The summed E-state index contributed by atoms with van der Waals surface area (Å²) in [5, 5.41) is 10.5. The summed E-state index contributed by atoms with van der Waals surface area (Å²) in [5.74, 6) is -7.13. The molecule has 6 heterocycles. The van der Waals surface area contributed by atoms with Gasteiger partial charge in [0.1, 0.15) is 41.0 Å². The van der Waals surface area contributed by atoms with E-state index in [1.54, 1.807) is 18.7 Å². The van der Waals surface area contributed by atoms with Crippen LogP contribution in [-0.4, -0.2) is 121 Å². The number of benzene rings is 4. The summed E-state index contributed by atoms with van der Waals surface area (Å²) in [6.45, 7) is 9.87. The van der Waals surface area contributed by atoms with Gasteiger partial charge in [0.2, 0.25) is 5.91 Å². The summed E-state index contributed by atoms with van der Waals surface area (Å²) in [4.78, 5) is 69.0. The van der Waals surface area contributed by atoms with Crippen molar-refractivity contribution in [2.24, 2.45) is 0 Å². The SMILES string of the molecule is C=CC(=O)N1CCN(c2nc(=O)n3c4c(c(-c5ccc(F)cc5F)c(C(F)(F)F)cc24)SCC(OC(=C)C(=O)N2[C@H](C)CN(c4nc(=O)n5c6c(c(-c7ccc(F)cc7F)c(C(F)(F)F)cc46)SCC(O)C5)C[C@@H]2C)C3)CC1. The number of hydrogen-bond acceptors (Lipinski definition) is 12. The molecule has 1 N–H and O–H groups in total. The third-order valence-electron chi connectivity index (χ3n) is 14.1. The molecule has 2 saturated heterocycles. The first-order valence-corrected chi connectivity index (χ1v) is 26.1. The van der Waals surface area contributed by atoms with Crippen molar-refractivity contribution in [1.82, 2.24) is 28.9 Å².